The third kappa shape index (κ3) is 3.53. The number of hydrogen-bond donors (Lipinski definition) is 1. The van der Waals surface area contributed by atoms with Crippen LogP contribution < -0.4 is 5.32 Å². The van der Waals surface area contributed by atoms with Crippen molar-refractivity contribution in [3.8, 4) is 0 Å². The Kier molecular flexibility index (Phi) is 5.05. The van der Waals surface area contributed by atoms with Crippen LogP contribution in [0.4, 0.5) is 5.82 Å². The highest BCUT2D eigenvalue weighted by molar-refractivity contribution is 5.76. The average Bonchev–Trinajstić information content (AvgIpc) is 3.04. The van der Waals surface area contributed by atoms with Crippen LogP contribution in [0.1, 0.15) is 23.9 Å². The monoisotopic (exact) mass is 330 g/mol. The Morgan fingerprint density at radius 2 is 2.21 bits per heavy atom. The summed E-state index contributed by atoms with van der Waals surface area (Å²) in [4.78, 5) is 23.0. The third-order valence-electron chi connectivity index (χ3n) is 4.20. The molecule has 1 aliphatic heterocycles. The molecule has 0 radical (unpaired) electrons. The van der Waals surface area contributed by atoms with E-state index in [9.17, 15) is 4.79 Å². The minimum atomic E-state index is -0.254. The fraction of sp³-hybridized carbons (Fsp3) is 0.500. The molecular weight excluding hydrogens is 308 g/mol. The molecule has 128 valence electrons. The highest BCUT2D eigenvalue weighted by Crippen LogP contribution is 2.25. The Hall–Kier alpha value is -2.48. The molecule has 1 amide bonds. The molecule has 0 spiro atoms. The predicted molar refractivity (Wildman–Crippen MR) is 88.4 cm³/mol. The second kappa shape index (κ2) is 7.39. The van der Waals surface area contributed by atoms with Crippen LogP contribution in [0, 0.1) is 0 Å². The van der Waals surface area contributed by atoms with Gasteiger partial charge in [0.1, 0.15) is 17.6 Å². The number of ether oxygens (including phenoxy) is 1. The summed E-state index contributed by atoms with van der Waals surface area (Å²) in [5.74, 6) is 0.811. The van der Waals surface area contributed by atoms with E-state index in [-0.39, 0.29) is 12.0 Å². The summed E-state index contributed by atoms with van der Waals surface area (Å²) >= 11 is 0. The van der Waals surface area contributed by atoms with Gasteiger partial charge in [-0.1, -0.05) is 0 Å². The van der Waals surface area contributed by atoms with Gasteiger partial charge in [0.2, 0.25) is 5.91 Å². The maximum Gasteiger partial charge on any atom is 0.223 e. The Morgan fingerprint density at radius 3 is 2.96 bits per heavy atom. The number of rotatable bonds is 5. The lowest BCUT2D eigenvalue weighted by Gasteiger charge is -2.33. The van der Waals surface area contributed by atoms with Crippen molar-refractivity contribution in [2.24, 2.45) is 7.05 Å². The van der Waals surface area contributed by atoms with Gasteiger partial charge in [-0.3, -0.25) is 14.5 Å². The van der Waals surface area contributed by atoms with Crippen LogP contribution in [-0.2, 0) is 23.0 Å². The van der Waals surface area contributed by atoms with E-state index in [1.807, 2.05) is 18.0 Å². The van der Waals surface area contributed by atoms with E-state index in [4.69, 9.17) is 4.74 Å². The fourth-order valence-electron chi connectivity index (χ4n) is 2.86. The first-order valence-corrected chi connectivity index (χ1v) is 8.04. The molecule has 0 bridgehead atoms. The highest BCUT2D eigenvalue weighted by atomic mass is 16.5. The van der Waals surface area contributed by atoms with Gasteiger partial charge in [0.15, 0.2) is 0 Å². The summed E-state index contributed by atoms with van der Waals surface area (Å²) in [7, 11) is 3.69. The minimum Gasteiger partial charge on any atom is -0.372 e. The molecule has 24 heavy (non-hydrogen) atoms. The summed E-state index contributed by atoms with van der Waals surface area (Å²) in [6.07, 6.45) is 5.92. The molecule has 1 fully saturated rings. The number of carbonyl (C=O) groups excluding carboxylic acids is 1. The summed E-state index contributed by atoms with van der Waals surface area (Å²) in [6, 6.07) is 1.94. The Morgan fingerprint density at radius 1 is 1.38 bits per heavy atom. The van der Waals surface area contributed by atoms with Gasteiger partial charge >= 0.3 is 0 Å². The molecule has 0 saturated carbocycles. The second-order valence-electron chi connectivity index (χ2n) is 5.69. The zero-order valence-corrected chi connectivity index (χ0v) is 14.0. The minimum absolute atomic E-state index is 0.124. The molecule has 2 aromatic rings. The maximum absolute atomic E-state index is 12.5. The molecule has 0 aliphatic carbocycles. The fourth-order valence-corrected chi connectivity index (χ4v) is 2.86. The molecule has 1 aliphatic rings. The lowest BCUT2D eigenvalue weighted by atomic mass is 10.1. The summed E-state index contributed by atoms with van der Waals surface area (Å²) in [5.41, 5.74) is 1.80. The number of nitrogens with one attached hydrogen (secondary N) is 1. The number of anilines is 1. The molecule has 8 nitrogen and oxygen atoms in total. The van der Waals surface area contributed by atoms with Gasteiger partial charge < -0.3 is 15.0 Å². The summed E-state index contributed by atoms with van der Waals surface area (Å²) in [5, 5.41) is 7.15. The zero-order valence-electron chi connectivity index (χ0n) is 14.0. The molecule has 0 aromatic carbocycles. The second-order valence-corrected chi connectivity index (χ2v) is 5.69. The van der Waals surface area contributed by atoms with E-state index < -0.39 is 0 Å². The molecule has 1 unspecified atom stereocenters. The van der Waals surface area contributed by atoms with E-state index >= 15 is 0 Å². The average molecular weight is 330 g/mol. The van der Waals surface area contributed by atoms with Crippen molar-refractivity contribution in [3.05, 3.63) is 36.0 Å². The van der Waals surface area contributed by atoms with Crippen molar-refractivity contribution in [1.29, 1.82) is 0 Å². The molecule has 1 saturated heterocycles. The van der Waals surface area contributed by atoms with Crippen LogP contribution >= 0.6 is 0 Å². The first-order chi connectivity index (χ1) is 11.7. The number of hydrogen-bond acceptors (Lipinski definition) is 6. The normalized spacial score (nSPS) is 17.8. The van der Waals surface area contributed by atoms with Gasteiger partial charge in [0.25, 0.3) is 0 Å². The van der Waals surface area contributed by atoms with Gasteiger partial charge in [-0.2, -0.15) is 5.10 Å². The predicted octanol–water partition coefficient (Wildman–Crippen LogP) is 0.784. The lowest BCUT2D eigenvalue weighted by Crippen LogP contribution is -2.42. The first-order valence-electron chi connectivity index (χ1n) is 8.04. The standard InChI is InChI=1S/C16H22N6O2/c1-17-16-15(18-7-8-19-16)13-11-22(9-10-24-13)14(23)4-3-12-5-6-20-21(12)2/h5-8,13H,3-4,9-11H2,1-2H3,(H,17,19). The molecule has 8 heteroatoms. The number of aromatic nitrogens is 4. The largest absolute Gasteiger partial charge is 0.372 e. The molecular formula is C16H22N6O2. The van der Waals surface area contributed by atoms with Crippen LogP contribution in [0.2, 0.25) is 0 Å². The topological polar surface area (TPSA) is 85.2 Å². The van der Waals surface area contributed by atoms with Crippen molar-refractivity contribution in [2.75, 3.05) is 32.1 Å². The van der Waals surface area contributed by atoms with E-state index in [1.54, 1.807) is 30.3 Å². The van der Waals surface area contributed by atoms with Crippen LogP contribution in [0.3, 0.4) is 0 Å². The molecule has 1 atom stereocenters. The number of carbonyl (C=O) groups is 1. The summed E-state index contributed by atoms with van der Waals surface area (Å²) < 4.78 is 7.61. The van der Waals surface area contributed by atoms with Gasteiger partial charge in [-0.15, -0.1) is 0 Å². The number of amides is 1. The van der Waals surface area contributed by atoms with E-state index in [2.05, 4.69) is 20.4 Å². The van der Waals surface area contributed by atoms with Crippen molar-refractivity contribution in [1.82, 2.24) is 24.6 Å². The molecule has 3 heterocycles. The number of nitrogens with zero attached hydrogens (tertiary/aromatic N) is 5. The smallest absolute Gasteiger partial charge is 0.223 e. The van der Waals surface area contributed by atoms with Crippen molar-refractivity contribution in [2.45, 2.75) is 18.9 Å². The van der Waals surface area contributed by atoms with Gasteiger partial charge in [0, 0.05) is 51.3 Å². The molecule has 2 aromatic heterocycles. The van der Waals surface area contributed by atoms with Crippen LogP contribution in [0.5, 0.6) is 0 Å². The van der Waals surface area contributed by atoms with E-state index in [1.165, 1.54) is 0 Å². The van der Waals surface area contributed by atoms with Gasteiger partial charge in [-0.25, -0.2) is 4.98 Å². The zero-order chi connectivity index (χ0) is 16.9. The summed E-state index contributed by atoms with van der Waals surface area (Å²) in [6.45, 7) is 1.61. The van der Waals surface area contributed by atoms with Crippen molar-refractivity contribution < 1.29 is 9.53 Å². The number of aryl methyl sites for hydroxylation is 2. The molecule has 1 N–H and O–H groups in total. The lowest BCUT2D eigenvalue weighted by molar-refractivity contribution is -0.139. The third-order valence-corrected chi connectivity index (χ3v) is 4.20. The van der Waals surface area contributed by atoms with Crippen molar-refractivity contribution >= 4 is 11.7 Å². The molecule has 3 rings (SSSR count). The van der Waals surface area contributed by atoms with Gasteiger partial charge in [-0.05, 0) is 12.5 Å². The van der Waals surface area contributed by atoms with Crippen LogP contribution in [0.25, 0.3) is 0 Å². The Bertz CT molecular complexity index is 701. The Balaban J connectivity index is 1.62. The van der Waals surface area contributed by atoms with Crippen LogP contribution in [-0.4, -0.2) is 57.3 Å². The first kappa shape index (κ1) is 16.4. The maximum atomic E-state index is 12.5. The quantitative estimate of drug-likeness (QED) is 0.872. The van der Waals surface area contributed by atoms with Gasteiger partial charge in [0.05, 0.1) is 13.2 Å². The number of morpholine rings is 1. The SMILES string of the molecule is CNc1nccnc1C1CN(C(=O)CCc2ccnn2C)CCO1. The van der Waals surface area contributed by atoms with Crippen LogP contribution in [0.15, 0.2) is 24.7 Å². The van der Waals surface area contributed by atoms with E-state index in [0.29, 0.717) is 38.4 Å². The highest BCUT2D eigenvalue weighted by Gasteiger charge is 2.28. The van der Waals surface area contributed by atoms with Crippen molar-refractivity contribution in [3.63, 3.8) is 0 Å². The van der Waals surface area contributed by atoms with E-state index in [0.717, 1.165) is 11.4 Å². The Labute approximate surface area is 140 Å².